The highest BCUT2D eigenvalue weighted by Crippen LogP contribution is 2.53. The second kappa shape index (κ2) is 6.41. The predicted molar refractivity (Wildman–Crippen MR) is 109 cm³/mol. The molecule has 2 aliphatic carbocycles. The zero-order valence-electron chi connectivity index (χ0n) is 14.8. The summed E-state index contributed by atoms with van der Waals surface area (Å²) in [5.74, 6) is -0.731. The lowest BCUT2D eigenvalue weighted by Crippen LogP contribution is -2.33. The van der Waals surface area contributed by atoms with Crippen molar-refractivity contribution in [2.45, 2.75) is 6.42 Å². The van der Waals surface area contributed by atoms with Gasteiger partial charge in [0.05, 0.1) is 17.5 Å². The molecule has 0 spiro atoms. The van der Waals surface area contributed by atoms with Crippen LogP contribution in [-0.4, -0.2) is 17.7 Å². The van der Waals surface area contributed by atoms with Gasteiger partial charge in [0.15, 0.2) is 0 Å². The Kier molecular flexibility index (Phi) is 3.98. The molecule has 140 valence electrons. The van der Waals surface area contributed by atoms with E-state index in [2.05, 4.69) is 33.4 Å². The first-order valence-electron chi connectivity index (χ1n) is 9.26. The van der Waals surface area contributed by atoms with Crippen LogP contribution >= 0.6 is 15.9 Å². The Bertz CT molecular complexity index is 1000. The maximum atomic E-state index is 13.0. The summed E-state index contributed by atoms with van der Waals surface area (Å²) in [4.78, 5) is 39.8. The summed E-state index contributed by atoms with van der Waals surface area (Å²) in [6.07, 6.45) is 5.04. The third-order valence-corrected chi connectivity index (χ3v) is 6.47. The Hall–Kier alpha value is -2.73. The molecule has 1 heterocycles. The second-order valence-corrected chi connectivity index (χ2v) is 8.44. The molecule has 2 fully saturated rings. The van der Waals surface area contributed by atoms with Crippen LogP contribution in [0.2, 0.25) is 0 Å². The Morgan fingerprint density at radius 2 is 1.61 bits per heavy atom. The maximum Gasteiger partial charge on any atom is 0.255 e. The first-order chi connectivity index (χ1) is 13.5. The normalized spacial score (nSPS) is 27.4. The Labute approximate surface area is 170 Å². The van der Waals surface area contributed by atoms with Crippen LogP contribution in [0.3, 0.4) is 0 Å². The number of imide groups is 1. The molecule has 1 aliphatic heterocycles. The van der Waals surface area contributed by atoms with Crippen LogP contribution in [0.15, 0.2) is 65.2 Å². The van der Waals surface area contributed by atoms with Gasteiger partial charge in [0, 0.05) is 15.7 Å². The van der Waals surface area contributed by atoms with Crippen LogP contribution in [0.25, 0.3) is 0 Å². The lowest BCUT2D eigenvalue weighted by molar-refractivity contribution is -0.123. The summed E-state index contributed by atoms with van der Waals surface area (Å²) < 4.78 is 0.924. The number of allylic oxidation sites excluding steroid dienone is 2. The van der Waals surface area contributed by atoms with Crippen molar-refractivity contribution in [3.8, 4) is 0 Å². The Balaban J connectivity index is 1.40. The van der Waals surface area contributed by atoms with Crippen LogP contribution < -0.4 is 10.2 Å². The average Bonchev–Trinajstić information content (AvgIpc) is 3.37. The topological polar surface area (TPSA) is 66.5 Å². The van der Waals surface area contributed by atoms with Gasteiger partial charge in [-0.05, 0) is 60.7 Å². The molecule has 0 aromatic heterocycles. The zero-order valence-corrected chi connectivity index (χ0v) is 16.4. The molecule has 0 unspecified atom stereocenters. The fraction of sp³-hybridized carbons (Fsp3) is 0.227. The van der Waals surface area contributed by atoms with Crippen LogP contribution in [0.4, 0.5) is 11.4 Å². The molecule has 1 N–H and O–H groups in total. The van der Waals surface area contributed by atoms with E-state index in [1.54, 1.807) is 36.4 Å². The first kappa shape index (κ1) is 17.4. The van der Waals surface area contributed by atoms with Gasteiger partial charge in [-0.3, -0.25) is 14.4 Å². The van der Waals surface area contributed by atoms with Gasteiger partial charge in [0.1, 0.15) is 0 Å². The van der Waals surface area contributed by atoms with Gasteiger partial charge >= 0.3 is 0 Å². The van der Waals surface area contributed by atoms with E-state index in [4.69, 9.17) is 0 Å². The third kappa shape index (κ3) is 2.63. The zero-order chi connectivity index (χ0) is 19.4. The van der Waals surface area contributed by atoms with Crippen molar-refractivity contribution in [1.29, 1.82) is 0 Å². The lowest BCUT2D eigenvalue weighted by atomic mass is 9.85. The summed E-state index contributed by atoms with van der Waals surface area (Å²) in [5, 5.41) is 2.83. The highest BCUT2D eigenvalue weighted by Gasteiger charge is 2.59. The van der Waals surface area contributed by atoms with Crippen LogP contribution in [0.5, 0.6) is 0 Å². The van der Waals surface area contributed by atoms with Crippen molar-refractivity contribution in [3.05, 3.63) is 70.7 Å². The standard InChI is InChI=1S/C22H17BrN2O3/c23-15-6-8-16(9-7-15)24-20(26)14-2-1-3-17(11-14)25-21(27)18-12-4-5-13(10-12)19(18)22(25)28/h1-9,11-13,18-19H,10H2,(H,24,26)/t12-,13+,18+,19-. The minimum atomic E-state index is -0.287. The molecule has 1 saturated heterocycles. The number of carbonyl (C=O) groups is 3. The number of nitrogens with one attached hydrogen (secondary N) is 1. The van der Waals surface area contributed by atoms with Crippen molar-refractivity contribution in [2.75, 3.05) is 10.2 Å². The summed E-state index contributed by atoms with van der Waals surface area (Å²) in [5.41, 5.74) is 1.54. The molecule has 28 heavy (non-hydrogen) atoms. The van der Waals surface area contributed by atoms with Crippen LogP contribution in [0.1, 0.15) is 16.8 Å². The number of hydrogen-bond acceptors (Lipinski definition) is 3. The lowest BCUT2D eigenvalue weighted by Gasteiger charge is -2.18. The smallest absolute Gasteiger partial charge is 0.255 e. The second-order valence-electron chi connectivity index (χ2n) is 7.52. The Morgan fingerprint density at radius 3 is 2.25 bits per heavy atom. The quantitative estimate of drug-likeness (QED) is 0.583. The maximum absolute atomic E-state index is 13.0. The summed E-state index contributed by atoms with van der Waals surface area (Å²) in [6.45, 7) is 0. The van der Waals surface area contributed by atoms with Gasteiger partial charge in [-0.25, -0.2) is 4.90 Å². The number of halogens is 1. The molecule has 2 aromatic carbocycles. The average molecular weight is 437 g/mol. The van der Waals surface area contributed by atoms with E-state index in [0.29, 0.717) is 16.9 Å². The van der Waals surface area contributed by atoms with Crippen LogP contribution in [0, 0.1) is 23.7 Å². The number of hydrogen-bond donors (Lipinski definition) is 1. The highest BCUT2D eigenvalue weighted by atomic mass is 79.9. The molecule has 3 aliphatic rings. The number of amides is 3. The molecule has 5 nitrogen and oxygen atoms in total. The monoisotopic (exact) mass is 436 g/mol. The number of benzene rings is 2. The van der Waals surface area contributed by atoms with E-state index in [-0.39, 0.29) is 41.4 Å². The van der Waals surface area contributed by atoms with E-state index in [1.165, 1.54) is 4.90 Å². The van der Waals surface area contributed by atoms with E-state index in [0.717, 1.165) is 10.9 Å². The van der Waals surface area contributed by atoms with Crippen molar-refractivity contribution in [3.63, 3.8) is 0 Å². The minimum Gasteiger partial charge on any atom is -0.322 e. The van der Waals surface area contributed by atoms with Gasteiger partial charge in [-0.2, -0.15) is 0 Å². The van der Waals surface area contributed by atoms with Crippen molar-refractivity contribution < 1.29 is 14.4 Å². The first-order valence-corrected chi connectivity index (χ1v) is 10.1. The molecular weight excluding hydrogens is 420 g/mol. The number of anilines is 2. The van der Waals surface area contributed by atoms with E-state index < -0.39 is 0 Å². The van der Waals surface area contributed by atoms with E-state index in [9.17, 15) is 14.4 Å². The highest BCUT2D eigenvalue weighted by molar-refractivity contribution is 9.10. The van der Waals surface area contributed by atoms with Gasteiger partial charge in [0.2, 0.25) is 11.8 Å². The van der Waals surface area contributed by atoms with Crippen molar-refractivity contribution >= 4 is 45.0 Å². The summed E-state index contributed by atoms with van der Waals surface area (Å²) in [6, 6.07) is 14.0. The fourth-order valence-electron chi connectivity index (χ4n) is 4.68. The van der Waals surface area contributed by atoms with E-state index >= 15 is 0 Å². The Morgan fingerprint density at radius 1 is 0.964 bits per heavy atom. The molecule has 4 atom stereocenters. The molecule has 6 heteroatoms. The molecule has 2 bridgehead atoms. The van der Waals surface area contributed by atoms with Gasteiger partial charge in [-0.15, -0.1) is 0 Å². The molecule has 3 amide bonds. The SMILES string of the molecule is O=C(Nc1ccc(Br)cc1)c1cccc(N2C(=O)[C@@H]3[C@H](C2=O)[C@H]2C=C[C@@H]3C2)c1. The van der Waals surface area contributed by atoms with Gasteiger partial charge in [0.25, 0.3) is 5.91 Å². The molecule has 1 saturated carbocycles. The number of nitrogens with zero attached hydrogens (tertiary/aromatic N) is 1. The van der Waals surface area contributed by atoms with Gasteiger partial charge < -0.3 is 5.32 Å². The molecule has 0 radical (unpaired) electrons. The molecular formula is C22H17BrN2O3. The number of fused-ring (bicyclic) bond motifs is 5. The third-order valence-electron chi connectivity index (χ3n) is 5.94. The van der Waals surface area contributed by atoms with Crippen LogP contribution in [-0.2, 0) is 9.59 Å². The number of carbonyl (C=O) groups excluding carboxylic acids is 3. The minimum absolute atomic E-state index is 0.141. The van der Waals surface area contributed by atoms with E-state index in [1.807, 2.05) is 12.1 Å². The van der Waals surface area contributed by atoms with Gasteiger partial charge in [-0.1, -0.05) is 34.1 Å². The predicted octanol–water partition coefficient (Wildman–Crippen LogP) is 4.01. The summed E-state index contributed by atoms with van der Waals surface area (Å²) in [7, 11) is 0. The molecule has 5 rings (SSSR count). The summed E-state index contributed by atoms with van der Waals surface area (Å²) >= 11 is 3.36. The van der Waals surface area contributed by atoms with Crippen molar-refractivity contribution in [2.24, 2.45) is 23.7 Å². The fourth-order valence-corrected chi connectivity index (χ4v) is 4.94. The largest absolute Gasteiger partial charge is 0.322 e. The molecule has 2 aromatic rings. The number of rotatable bonds is 3. The van der Waals surface area contributed by atoms with Crippen molar-refractivity contribution in [1.82, 2.24) is 0 Å².